The molecule has 0 aromatic carbocycles. The molecule has 1 fully saturated rings. The number of β-amino-alcohol motifs (C(OH)–C–C–N with tert-alkyl or cyclic N) is 1. The second kappa shape index (κ2) is 8.04. The zero-order valence-corrected chi connectivity index (χ0v) is 10.8. The number of ether oxygens (including phenoxy) is 1. The molecule has 1 heterocycles. The molecular formula is C13H27NO2. The Morgan fingerprint density at radius 1 is 1.44 bits per heavy atom. The van der Waals surface area contributed by atoms with E-state index in [4.69, 9.17) is 4.74 Å². The molecule has 1 rings (SSSR count). The van der Waals surface area contributed by atoms with Gasteiger partial charge in [-0.15, -0.1) is 0 Å². The van der Waals surface area contributed by atoms with Gasteiger partial charge in [0.05, 0.1) is 6.10 Å². The third-order valence-corrected chi connectivity index (χ3v) is 3.52. The van der Waals surface area contributed by atoms with Crippen LogP contribution in [0.3, 0.4) is 0 Å². The van der Waals surface area contributed by atoms with Crippen molar-refractivity contribution in [1.29, 1.82) is 0 Å². The minimum absolute atomic E-state index is 0.152. The van der Waals surface area contributed by atoms with Gasteiger partial charge in [0.1, 0.15) is 0 Å². The van der Waals surface area contributed by atoms with Crippen molar-refractivity contribution >= 4 is 0 Å². The summed E-state index contributed by atoms with van der Waals surface area (Å²) in [5.41, 5.74) is 0. The van der Waals surface area contributed by atoms with Gasteiger partial charge in [-0.1, -0.05) is 13.3 Å². The SMILES string of the molecule is CC[C@H](O)CN1CCCC[C@@H](CCOC)C1. The number of hydrogen-bond acceptors (Lipinski definition) is 3. The first kappa shape index (κ1) is 13.9. The Morgan fingerprint density at radius 3 is 2.94 bits per heavy atom. The molecule has 0 aromatic heterocycles. The van der Waals surface area contributed by atoms with Crippen LogP contribution < -0.4 is 0 Å². The molecule has 0 spiro atoms. The summed E-state index contributed by atoms with van der Waals surface area (Å²) in [4.78, 5) is 2.43. The van der Waals surface area contributed by atoms with E-state index in [-0.39, 0.29) is 6.10 Å². The van der Waals surface area contributed by atoms with E-state index in [0.717, 1.165) is 45.0 Å². The van der Waals surface area contributed by atoms with E-state index >= 15 is 0 Å². The quantitative estimate of drug-likeness (QED) is 0.755. The fourth-order valence-electron chi connectivity index (χ4n) is 2.43. The van der Waals surface area contributed by atoms with Crippen LogP contribution in [0.15, 0.2) is 0 Å². The molecule has 2 atom stereocenters. The highest BCUT2D eigenvalue weighted by atomic mass is 16.5. The number of hydrogen-bond donors (Lipinski definition) is 1. The first-order valence-electron chi connectivity index (χ1n) is 6.65. The van der Waals surface area contributed by atoms with Crippen molar-refractivity contribution in [3.05, 3.63) is 0 Å². The van der Waals surface area contributed by atoms with E-state index in [1.165, 1.54) is 19.3 Å². The van der Waals surface area contributed by atoms with E-state index in [2.05, 4.69) is 4.90 Å². The molecule has 0 bridgehead atoms. The van der Waals surface area contributed by atoms with Crippen molar-refractivity contribution in [3.63, 3.8) is 0 Å². The molecule has 1 aliphatic heterocycles. The van der Waals surface area contributed by atoms with Gasteiger partial charge in [-0.05, 0) is 38.1 Å². The first-order chi connectivity index (χ1) is 7.76. The van der Waals surface area contributed by atoms with Crippen LogP contribution in [0, 0.1) is 5.92 Å². The Labute approximate surface area is 99.8 Å². The molecule has 0 amide bonds. The highest BCUT2D eigenvalue weighted by molar-refractivity contribution is 4.73. The number of likely N-dealkylation sites (tertiary alicyclic amines) is 1. The molecule has 3 nitrogen and oxygen atoms in total. The van der Waals surface area contributed by atoms with Crippen LogP contribution in [0.2, 0.25) is 0 Å². The van der Waals surface area contributed by atoms with E-state index in [9.17, 15) is 5.11 Å². The third kappa shape index (κ3) is 5.28. The van der Waals surface area contributed by atoms with Gasteiger partial charge < -0.3 is 14.7 Å². The van der Waals surface area contributed by atoms with Crippen LogP contribution in [0.4, 0.5) is 0 Å². The summed E-state index contributed by atoms with van der Waals surface area (Å²) >= 11 is 0. The standard InChI is InChI=1S/C13H27NO2/c1-3-13(15)11-14-8-5-4-6-12(10-14)7-9-16-2/h12-13,15H,3-11H2,1-2H3/t12-,13-/m0/s1. The Morgan fingerprint density at radius 2 is 2.25 bits per heavy atom. The molecular weight excluding hydrogens is 202 g/mol. The lowest BCUT2D eigenvalue weighted by molar-refractivity contribution is 0.0982. The maximum Gasteiger partial charge on any atom is 0.0664 e. The molecule has 0 saturated carbocycles. The molecule has 0 unspecified atom stereocenters. The smallest absolute Gasteiger partial charge is 0.0664 e. The average Bonchev–Trinajstić information content (AvgIpc) is 2.51. The van der Waals surface area contributed by atoms with E-state index in [1.807, 2.05) is 6.92 Å². The molecule has 0 aliphatic carbocycles. The Bertz CT molecular complexity index is 175. The summed E-state index contributed by atoms with van der Waals surface area (Å²) in [6.07, 6.45) is 5.80. The first-order valence-corrected chi connectivity index (χ1v) is 6.65. The van der Waals surface area contributed by atoms with Crippen LogP contribution in [-0.2, 0) is 4.74 Å². The lowest BCUT2D eigenvalue weighted by Crippen LogP contribution is -2.35. The zero-order chi connectivity index (χ0) is 11.8. The van der Waals surface area contributed by atoms with Crippen LogP contribution in [0.25, 0.3) is 0 Å². The van der Waals surface area contributed by atoms with E-state index in [0.29, 0.717) is 0 Å². The minimum Gasteiger partial charge on any atom is -0.392 e. The highest BCUT2D eigenvalue weighted by Crippen LogP contribution is 2.19. The van der Waals surface area contributed by atoms with Gasteiger partial charge in [-0.25, -0.2) is 0 Å². The molecule has 0 radical (unpaired) electrons. The molecule has 96 valence electrons. The predicted molar refractivity (Wildman–Crippen MR) is 66.6 cm³/mol. The molecule has 16 heavy (non-hydrogen) atoms. The summed E-state index contributed by atoms with van der Waals surface area (Å²) in [6.45, 7) is 6.06. The summed E-state index contributed by atoms with van der Waals surface area (Å²) in [5.74, 6) is 0.756. The second-order valence-electron chi connectivity index (χ2n) is 4.96. The largest absolute Gasteiger partial charge is 0.392 e. The lowest BCUT2D eigenvalue weighted by atomic mass is 10.00. The van der Waals surface area contributed by atoms with Crippen molar-refractivity contribution in [3.8, 4) is 0 Å². The highest BCUT2D eigenvalue weighted by Gasteiger charge is 2.19. The van der Waals surface area contributed by atoms with Crippen LogP contribution in [0.1, 0.15) is 39.0 Å². The maximum absolute atomic E-state index is 9.70. The molecule has 1 aliphatic rings. The Balaban J connectivity index is 2.33. The van der Waals surface area contributed by atoms with E-state index in [1.54, 1.807) is 7.11 Å². The average molecular weight is 229 g/mol. The summed E-state index contributed by atoms with van der Waals surface area (Å²) in [7, 11) is 1.77. The predicted octanol–water partition coefficient (Wildman–Crippen LogP) is 1.90. The van der Waals surface area contributed by atoms with Crippen molar-refractivity contribution in [2.45, 2.75) is 45.1 Å². The van der Waals surface area contributed by atoms with Gasteiger partial charge in [0, 0.05) is 26.8 Å². The monoisotopic (exact) mass is 229 g/mol. The molecule has 1 saturated heterocycles. The van der Waals surface area contributed by atoms with Gasteiger partial charge in [0.2, 0.25) is 0 Å². The fourth-order valence-corrected chi connectivity index (χ4v) is 2.43. The number of methoxy groups -OCH3 is 1. The van der Waals surface area contributed by atoms with Gasteiger partial charge in [-0.2, -0.15) is 0 Å². The molecule has 0 aromatic rings. The lowest BCUT2D eigenvalue weighted by Gasteiger charge is -2.26. The summed E-state index contributed by atoms with van der Waals surface area (Å²) < 4.78 is 5.15. The second-order valence-corrected chi connectivity index (χ2v) is 4.96. The van der Waals surface area contributed by atoms with Gasteiger partial charge >= 0.3 is 0 Å². The zero-order valence-electron chi connectivity index (χ0n) is 10.8. The number of nitrogens with zero attached hydrogens (tertiary/aromatic N) is 1. The Hall–Kier alpha value is -0.120. The van der Waals surface area contributed by atoms with Crippen LogP contribution >= 0.6 is 0 Å². The number of aliphatic hydroxyl groups excluding tert-OH is 1. The van der Waals surface area contributed by atoms with Gasteiger partial charge in [-0.3, -0.25) is 0 Å². The van der Waals surface area contributed by atoms with Crippen molar-refractivity contribution in [2.75, 3.05) is 33.4 Å². The van der Waals surface area contributed by atoms with Crippen molar-refractivity contribution < 1.29 is 9.84 Å². The maximum atomic E-state index is 9.70. The van der Waals surface area contributed by atoms with Crippen LogP contribution in [-0.4, -0.2) is 49.5 Å². The number of aliphatic hydroxyl groups is 1. The topological polar surface area (TPSA) is 32.7 Å². The molecule has 3 heteroatoms. The van der Waals surface area contributed by atoms with Crippen LogP contribution in [0.5, 0.6) is 0 Å². The summed E-state index contributed by atoms with van der Waals surface area (Å²) in [5, 5.41) is 9.70. The Kier molecular flexibility index (Phi) is 7.01. The minimum atomic E-state index is -0.152. The van der Waals surface area contributed by atoms with Gasteiger partial charge in [0.25, 0.3) is 0 Å². The normalized spacial score (nSPS) is 25.3. The van der Waals surface area contributed by atoms with Crippen molar-refractivity contribution in [2.24, 2.45) is 5.92 Å². The fraction of sp³-hybridized carbons (Fsp3) is 1.00. The van der Waals surface area contributed by atoms with Gasteiger partial charge in [0.15, 0.2) is 0 Å². The summed E-state index contributed by atoms with van der Waals surface area (Å²) in [6, 6.07) is 0. The van der Waals surface area contributed by atoms with Crippen molar-refractivity contribution in [1.82, 2.24) is 4.90 Å². The molecule has 1 N–H and O–H groups in total. The number of rotatable bonds is 6. The third-order valence-electron chi connectivity index (χ3n) is 3.52. The van der Waals surface area contributed by atoms with E-state index < -0.39 is 0 Å².